The topological polar surface area (TPSA) is 94.9 Å². The third kappa shape index (κ3) is 4.62. The molecule has 1 aliphatic heterocycles. The van der Waals surface area contributed by atoms with Gasteiger partial charge in [-0.1, -0.05) is 12.1 Å². The number of hydrogen-bond donors (Lipinski definition) is 1. The largest absolute Gasteiger partial charge is 0.493 e. The van der Waals surface area contributed by atoms with Crippen LogP contribution in [0.3, 0.4) is 0 Å². The Morgan fingerprint density at radius 3 is 2.33 bits per heavy atom. The number of benzene rings is 2. The fourth-order valence-electron chi connectivity index (χ4n) is 3.83. The van der Waals surface area contributed by atoms with Crippen LogP contribution in [0.4, 0.5) is 5.82 Å². The number of aryl methyl sites for hydroxylation is 1. The minimum Gasteiger partial charge on any atom is -0.493 e. The molecule has 3 aromatic rings. The van der Waals surface area contributed by atoms with Crippen LogP contribution in [0.5, 0.6) is 17.2 Å². The highest BCUT2D eigenvalue weighted by atomic mass is 16.5. The molecule has 0 atom stereocenters. The predicted octanol–water partition coefficient (Wildman–Crippen LogP) is 2.78. The van der Waals surface area contributed by atoms with Crippen LogP contribution in [0.1, 0.15) is 27.9 Å². The van der Waals surface area contributed by atoms with E-state index in [0.29, 0.717) is 48.9 Å². The Morgan fingerprint density at radius 2 is 1.70 bits per heavy atom. The van der Waals surface area contributed by atoms with Crippen molar-refractivity contribution in [2.75, 3.05) is 26.2 Å². The molecule has 2 heterocycles. The summed E-state index contributed by atoms with van der Waals surface area (Å²) in [5.41, 5.74) is 2.27. The number of ether oxygens (including phenoxy) is 3. The first-order chi connectivity index (χ1) is 16.0. The van der Waals surface area contributed by atoms with Gasteiger partial charge in [0.1, 0.15) is 5.82 Å². The monoisotopic (exact) mass is 450 g/mol. The first kappa shape index (κ1) is 22.2. The van der Waals surface area contributed by atoms with Gasteiger partial charge in [0.25, 0.3) is 5.91 Å². The van der Waals surface area contributed by atoms with Gasteiger partial charge in [-0.3, -0.25) is 14.5 Å². The van der Waals surface area contributed by atoms with Crippen molar-refractivity contribution in [2.45, 2.75) is 26.1 Å². The van der Waals surface area contributed by atoms with Crippen LogP contribution >= 0.6 is 0 Å². The quantitative estimate of drug-likeness (QED) is 0.567. The van der Waals surface area contributed by atoms with Crippen LogP contribution in [-0.2, 0) is 24.4 Å². The van der Waals surface area contributed by atoms with E-state index in [1.54, 1.807) is 56.7 Å². The molecule has 33 heavy (non-hydrogen) atoms. The number of anilines is 1. The van der Waals surface area contributed by atoms with E-state index in [4.69, 9.17) is 14.2 Å². The summed E-state index contributed by atoms with van der Waals surface area (Å²) in [5, 5.41) is 7.15. The molecule has 9 nitrogen and oxygen atoms in total. The van der Waals surface area contributed by atoms with Gasteiger partial charge in [-0.15, -0.1) is 0 Å². The van der Waals surface area contributed by atoms with Gasteiger partial charge in [0, 0.05) is 24.6 Å². The summed E-state index contributed by atoms with van der Waals surface area (Å²) >= 11 is 0. The summed E-state index contributed by atoms with van der Waals surface area (Å²) in [6, 6.07) is 12.7. The highest BCUT2D eigenvalue weighted by molar-refractivity contribution is 5.95. The molecule has 0 spiro atoms. The summed E-state index contributed by atoms with van der Waals surface area (Å²) in [4.78, 5) is 26.8. The molecular formula is C24H26N4O5. The Morgan fingerprint density at radius 1 is 1.00 bits per heavy atom. The lowest BCUT2D eigenvalue weighted by molar-refractivity contribution is -0.119. The van der Waals surface area contributed by atoms with E-state index in [1.807, 2.05) is 22.9 Å². The standard InChI is InChI=1S/C24H26N4O5/c1-31-19-12-17(13-20(32-2)23(19)33-3)14-25-24(30)18-6-4-16(5-7-18)15-27-21-8-10-26-28(21)11-9-22(27)29/h4-8,10,12-13H,9,11,14-15H2,1-3H3,(H,25,30). The Balaban J connectivity index is 1.41. The number of methoxy groups -OCH3 is 3. The third-order valence-electron chi connectivity index (χ3n) is 5.54. The van der Waals surface area contributed by atoms with E-state index in [0.717, 1.165) is 16.9 Å². The number of carbonyl (C=O) groups excluding carboxylic acids is 2. The Kier molecular flexibility index (Phi) is 6.48. The van der Waals surface area contributed by atoms with Crippen molar-refractivity contribution >= 4 is 17.6 Å². The molecule has 9 heteroatoms. The summed E-state index contributed by atoms with van der Waals surface area (Å²) in [6.45, 7) is 1.32. The highest BCUT2D eigenvalue weighted by Crippen LogP contribution is 2.38. The molecule has 0 bridgehead atoms. The van der Waals surface area contributed by atoms with Crippen molar-refractivity contribution in [3.63, 3.8) is 0 Å². The molecule has 0 radical (unpaired) electrons. The number of rotatable bonds is 8. The molecule has 172 valence electrons. The van der Waals surface area contributed by atoms with Gasteiger partial charge in [0.2, 0.25) is 11.7 Å². The van der Waals surface area contributed by atoms with Gasteiger partial charge >= 0.3 is 0 Å². The maximum absolute atomic E-state index is 12.7. The second-order valence-corrected chi connectivity index (χ2v) is 7.56. The maximum Gasteiger partial charge on any atom is 0.251 e. The molecule has 1 aliphatic rings. The smallest absolute Gasteiger partial charge is 0.251 e. The molecular weight excluding hydrogens is 424 g/mol. The summed E-state index contributed by atoms with van der Waals surface area (Å²) in [6.07, 6.45) is 2.12. The molecule has 2 aromatic carbocycles. The Labute approximate surface area is 191 Å². The minimum absolute atomic E-state index is 0.0650. The zero-order valence-corrected chi connectivity index (χ0v) is 18.8. The number of fused-ring (bicyclic) bond motifs is 1. The van der Waals surface area contributed by atoms with Crippen LogP contribution in [0.2, 0.25) is 0 Å². The van der Waals surface area contributed by atoms with E-state index in [9.17, 15) is 9.59 Å². The number of amides is 2. The van der Waals surface area contributed by atoms with Gasteiger partial charge in [-0.25, -0.2) is 4.68 Å². The van der Waals surface area contributed by atoms with Gasteiger partial charge in [0.15, 0.2) is 11.5 Å². The zero-order chi connectivity index (χ0) is 23.4. The van der Waals surface area contributed by atoms with Crippen molar-refractivity contribution < 1.29 is 23.8 Å². The minimum atomic E-state index is -0.206. The second kappa shape index (κ2) is 9.64. The fraction of sp³-hybridized carbons (Fsp3) is 0.292. The second-order valence-electron chi connectivity index (χ2n) is 7.56. The lowest BCUT2D eigenvalue weighted by Crippen LogP contribution is -2.36. The Bertz CT molecular complexity index is 1130. The molecule has 2 amide bonds. The van der Waals surface area contributed by atoms with Crippen molar-refractivity contribution in [3.05, 3.63) is 65.4 Å². The summed E-state index contributed by atoms with van der Waals surface area (Å²) in [5.74, 6) is 2.20. The lowest BCUT2D eigenvalue weighted by Gasteiger charge is -2.27. The number of hydrogen-bond acceptors (Lipinski definition) is 6. The van der Waals surface area contributed by atoms with Crippen LogP contribution in [0.15, 0.2) is 48.7 Å². The van der Waals surface area contributed by atoms with Gasteiger partial charge in [-0.05, 0) is 35.4 Å². The van der Waals surface area contributed by atoms with E-state index in [1.165, 1.54) is 0 Å². The first-order valence-corrected chi connectivity index (χ1v) is 10.5. The van der Waals surface area contributed by atoms with E-state index >= 15 is 0 Å². The van der Waals surface area contributed by atoms with E-state index in [-0.39, 0.29) is 11.8 Å². The molecule has 0 aliphatic carbocycles. The number of carbonyl (C=O) groups is 2. The van der Waals surface area contributed by atoms with Crippen molar-refractivity contribution in [1.82, 2.24) is 15.1 Å². The Hall–Kier alpha value is -4.01. The normalized spacial score (nSPS) is 12.8. The lowest BCUT2D eigenvalue weighted by atomic mass is 10.1. The number of nitrogens with zero attached hydrogens (tertiary/aromatic N) is 3. The van der Waals surface area contributed by atoms with Crippen LogP contribution < -0.4 is 24.4 Å². The SMILES string of the molecule is COc1cc(CNC(=O)c2ccc(CN3C(=O)CCn4nccc43)cc2)cc(OC)c1OC. The van der Waals surface area contributed by atoms with Crippen LogP contribution in [0, 0.1) is 0 Å². The van der Waals surface area contributed by atoms with E-state index in [2.05, 4.69) is 10.4 Å². The van der Waals surface area contributed by atoms with Crippen LogP contribution in [-0.4, -0.2) is 42.9 Å². The van der Waals surface area contributed by atoms with E-state index < -0.39 is 0 Å². The summed E-state index contributed by atoms with van der Waals surface area (Å²) < 4.78 is 17.9. The highest BCUT2D eigenvalue weighted by Gasteiger charge is 2.24. The van der Waals surface area contributed by atoms with Crippen molar-refractivity contribution in [2.24, 2.45) is 0 Å². The maximum atomic E-state index is 12.7. The van der Waals surface area contributed by atoms with Gasteiger partial charge in [0.05, 0.1) is 40.6 Å². The van der Waals surface area contributed by atoms with Gasteiger partial charge < -0.3 is 19.5 Å². The van der Waals surface area contributed by atoms with Crippen LogP contribution in [0.25, 0.3) is 0 Å². The zero-order valence-electron chi connectivity index (χ0n) is 18.8. The van der Waals surface area contributed by atoms with Crippen molar-refractivity contribution in [3.8, 4) is 17.2 Å². The molecule has 0 saturated carbocycles. The fourth-order valence-corrected chi connectivity index (χ4v) is 3.83. The number of nitrogens with one attached hydrogen (secondary N) is 1. The molecule has 4 rings (SSSR count). The number of aromatic nitrogens is 2. The first-order valence-electron chi connectivity index (χ1n) is 10.5. The average molecular weight is 450 g/mol. The molecule has 1 aromatic heterocycles. The summed E-state index contributed by atoms with van der Waals surface area (Å²) in [7, 11) is 4.64. The van der Waals surface area contributed by atoms with Gasteiger partial charge in [-0.2, -0.15) is 5.10 Å². The average Bonchev–Trinajstić information content (AvgIpc) is 3.33. The van der Waals surface area contributed by atoms with Crippen molar-refractivity contribution in [1.29, 1.82) is 0 Å². The third-order valence-corrected chi connectivity index (χ3v) is 5.54. The molecule has 0 saturated heterocycles. The predicted molar refractivity (Wildman–Crippen MR) is 122 cm³/mol. The molecule has 1 N–H and O–H groups in total. The molecule has 0 unspecified atom stereocenters. The molecule has 0 fully saturated rings.